The lowest BCUT2D eigenvalue weighted by molar-refractivity contribution is -0.0399. The number of hydrogen-bond acceptors (Lipinski definition) is 5. The highest BCUT2D eigenvalue weighted by Crippen LogP contribution is 2.69. The van der Waals surface area contributed by atoms with Gasteiger partial charge in [0.1, 0.15) is 0 Å². The van der Waals surface area contributed by atoms with E-state index in [9.17, 15) is 0 Å². The molecule has 316 valence electrons. The molecule has 5 heteroatoms. The molecule has 2 heterocycles. The molecule has 8 aromatic carbocycles. The van der Waals surface area contributed by atoms with Crippen LogP contribution in [-0.2, 0) is 5.41 Å². The van der Waals surface area contributed by atoms with Crippen LogP contribution < -0.4 is 9.80 Å². The summed E-state index contributed by atoms with van der Waals surface area (Å²) < 4.78 is 0. The molecule has 1 aromatic heterocycles. The average Bonchev–Trinajstić information content (AvgIpc) is 3.67. The molecule has 0 unspecified atom stereocenters. The van der Waals surface area contributed by atoms with E-state index in [2.05, 4.69) is 204 Å². The second-order valence-corrected chi connectivity index (χ2v) is 19.3. The molecule has 6 aliphatic rings. The van der Waals surface area contributed by atoms with Gasteiger partial charge in [0, 0.05) is 33.5 Å². The average molecular weight is 850 g/mol. The lowest BCUT2D eigenvalue weighted by Crippen LogP contribution is -2.55. The molecule has 4 saturated carbocycles. The quantitative estimate of drug-likeness (QED) is 0.167. The molecule has 4 bridgehead atoms. The summed E-state index contributed by atoms with van der Waals surface area (Å²) in [5.74, 6) is 5.27. The van der Waals surface area contributed by atoms with Gasteiger partial charge in [-0.05, 0) is 144 Å². The lowest BCUT2D eigenvalue weighted by Gasteiger charge is -2.61. The van der Waals surface area contributed by atoms with E-state index in [-0.39, 0.29) is 5.41 Å². The van der Waals surface area contributed by atoms with E-state index >= 15 is 0 Å². The molecule has 0 N–H and O–H groups in total. The first kappa shape index (κ1) is 37.7. The van der Waals surface area contributed by atoms with Crippen LogP contribution in [0.5, 0.6) is 0 Å². The van der Waals surface area contributed by atoms with Gasteiger partial charge >= 0.3 is 0 Å². The minimum atomic E-state index is 0.0772. The summed E-state index contributed by atoms with van der Waals surface area (Å²) in [6.45, 7) is 0. The maximum atomic E-state index is 5.29. The van der Waals surface area contributed by atoms with Crippen LogP contribution in [0.2, 0.25) is 0 Å². The number of anilines is 6. The van der Waals surface area contributed by atoms with Crippen LogP contribution in [-0.4, -0.2) is 15.0 Å². The molecule has 5 nitrogen and oxygen atoms in total. The van der Waals surface area contributed by atoms with Crippen LogP contribution in [0.25, 0.3) is 56.4 Å². The maximum Gasteiger partial charge on any atom is 0.164 e. The predicted octanol–water partition coefficient (Wildman–Crippen LogP) is 15.5. The summed E-state index contributed by atoms with van der Waals surface area (Å²) in [4.78, 5) is 20.4. The van der Waals surface area contributed by atoms with E-state index in [1.807, 2.05) is 6.07 Å². The molecule has 9 aromatic rings. The number of hydrogen-bond donors (Lipinski definition) is 0. The number of rotatable bonds is 6. The molecule has 0 radical (unpaired) electrons. The fraction of sp³-hybridized carbons (Fsp3) is 0.164. The van der Waals surface area contributed by atoms with Crippen LogP contribution in [0.4, 0.5) is 34.1 Å². The van der Waals surface area contributed by atoms with Gasteiger partial charge in [-0.3, -0.25) is 0 Å². The van der Waals surface area contributed by atoms with Crippen molar-refractivity contribution in [2.45, 2.75) is 37.5 Å². The summed E-state index contributed by atoms with van der Waals surface area (Å²) in [5.41, 5.74) is 18.1. The Kier molecular flexibility index (Phi) is 8.40. The molecule has 15 rings (SSSR count). The number of para-hydroxylation sites is 5. The Morgan fingerprint density at radius 1 is 0.333 bits per heavy atom. The Morgan fingerprint density at radius 3 is 1.32 bits per heavy atom. The Morgan fingerprint density at radius 2 is 0.742 bits per heavy atom. The summed E-state index contributed by atoms with van der Waals surface area (Å²) in [5, 5.41) is 0. The van der Waals surface area contributed by atoms with Gasteiger partial charge in [-0.2, -0.15) is 0 Å². The van der Waals surface area contributed by atoms with Gasteiger partial charge in [0.25, 0.3) is 0 Å². The summed E-state index contributed by atoms with van der Waals surface area (Å²) in [6, 6.07) is 72.4. The standard InChI is InChI=1S/C61H47N5/c1-3-13-43(14-4-1)58-62-59(64-60(63-58)45-29-32-51-50-17-7-8-18-52(50)61(53(51)38-45)46-34-39-33-40(36-46)37-47(61)35-39)44-25-23-41(24-26-44)42-27-30-49(31-28-42)66-56-21-11-9-19-54(56)65(48-15-5-2-6-16-48)55-20-10-12-22-57(55)66/h1-32,38-40,46-47H,33-37H2. The highest BCUT2D eigenvalue weighted by Gasteiger charge is 2.61. The number of benzene rings is 8. The van der Waals surface area contributed by atoms with Gasteiger partial charge in [-0.25, -0.2) is 15.0 Å². The molecule has 0 saturated heterocycles. The maximum absolute atomic E-state index is 5.29. The first-order valence-electron chi connectivity index (χ1n) is 23.8. The van der Waals surface area contributed by atoms with Gasteiger partial charge in [0.15, 0.2) is 17.5 Å². The first-order chi connectivity index (χ1) is 32.7. The zero-order valence-corrected chi connectivity index (χ0v) is 36.6. The molecular weight excluding hydrogens is 803 g/mol. The summed E-state index contributed by atoms with van der Waals surface area (Å²) in [7, 11) is 0. The summed E-state index contributed by atoms with van der Waals surface area (Å²) in [6.07, 6.45) is 6.87. The van der Waals surface area contributed by atoms with Gasteiger partial charge in [-0.15, -0.1) is 0 Å². The van der Waals surface area contributed by atoms with E-state index in [0.29, 0.717) is 23.5 Å². The Bertz CT molecular complexity index is 3250. The SMILES string of the molecule is c1ccc(-c2nc(-c3ccc(-c4ccc(N5c6ccccc6N(c6ccccc6)c6ccccc65)cc4)cc3)nc(-c3ccc4c(c3)C3(c5ccccc5-4)C4CC5CC(C4)CC3C5)n2)cc1. The zero-order chi connectivity index (χ0) is 43.3. The van der Waals surface area contributed by atoms with Crippen LogP contribution in [0.15, 0.2) is 200 Å². The van der Waals surface area contributed by atoms with E-state index in [1.165, 1.54) is 48.8 Å². The molecule has 0 amide bonds. The molecule has 0 atom stereocenters. The second-order valence-electron chi connectivity index (χ2n) is 19.3. The van der Waals surface area contributed by atoms with Crippen molar-refractivity contribution in [1.29, 1.82) is 0 Å². The van der Waals surface area contributed by atoms with E-state index in [0.717, 1.165) is 79.6 Å². The van der Waals surface area contributed by atoms with Gasteiger partial charge in [-0.1, -0.05) is 146 Å². The fourth-order valence-electron chi connectivity index (χ4n) is 13.3. The van der Waals surface area contributed by atoms with E-state index in [1.54, 1.807) is 5.56 Å². The van der Waals surface area contributed by atoms with Crippen LogP contribution >= 0.6 is 0 Å². The molecule has 1 spiro atoms. The van der Waals surface area contributed by atoms with Crippen LogP contribution in [0.3, 0.4) is 0 Å². The highest BCUT2D eigenvalue weighted by molar-refractivity contribution is 6.01. The molecular formula is C61H47N5. The van der Waals surface area contributed by atoms with Crippen molar-refractivity contribution in [1.82, 2.24) is 15.0 Å². The van der Waals surface area contributed by atoms with Crippen molar-refractivity contribution in [3.8, 4) is 56.4 Å². The van der Waals surface area contributed by atoms with Crippen molar-refractivity contribution in [3.63, 3.8) is 0 Å². The van der Waals surface area contributed by atoms with Crippen molar-refractivity contribution in [3.05, 3.63) is 211 Å². The topological polar surface area (TPSA) is 45.2 Å². The number of fused-ring (bicyclic) bond motifs is 5. The van der Waals surface area contributed by atoms with Gasteiger partial charge in [0.05, 0.1) is 22.7 Å². The van der Waals surface area contributed by atoms with Crippen molar-refractivity contribution in [2.75, 3.05) is 9.80 Å². The normalized spacial score (nSPS) is 21.6. The Hall–Kier alpha value is -7.63. The minimum Gasteiger partial charge on any atom is -0.306 e. The van der Waals surface area contributed by atoms with Gasteiger partial charge < -0.3 is 9.80 Å². The van der Waals surface area contributed by atoms with Gasteiger partial charge in [0.2, 0.25) is 0 Å². The largest absolute Gasteiger partial charge is 0.306 e. The number of nitrogens with zero attached hydrogens (tertiary/aromatic N) is 5. The predicted molar refractivity (Wildman–Crippen MR) is 268 cm³/mol. The number of aromatic nitrogens is 3. The molecule has 4 fully saturated rings. The monoisotopic (exact) mass is 849 g/mol. The molecule has 1 aliphatic heterocycles. The Balaban J connectivity index is 0.814. The van der Waals surface area contributed by atoms with Crippen LogP contribution in [0, 0.1) is 23.7 Å². The van der Waals surface area contributed by atoms with Crippen molar-refractivity contribution >= 4 is 34.1 Å². The zero-order valence-electron chi connectivity index (χ0n) is 36.6. The van der Waals surface area contributed by atoms with Crippen LogP contribution in [0.1, 0.15) is 43.2 Å². The van der Waals surface area contributed by atoms with E-state index in [4.69, 9.17) is 15.0 Å². The Labute approximate surface area is 386 Å². The van der Waals surface area contributed by atoms with E-state index < -0.39 is 0 Å². The lowest BCUT2D eigenvalue weighted by atomic mass is 9.43. The smallest absolute Gasteiger partial charge is 0.164 e. The third-order valence-corrected chi connectivity index (χ3v) is 15.8. The second kappa shape index (κ2) is 14.7. The summed E-state index contributed by atoms with van der Waals surface area (Å²) >= 11 is 0. The van der Waals surface area contributed by atoms with Crippen molar-refractivity contribution < 1.29 is 0 Å². The highest BCUT2D eigenvalue weighted by atomic mass is 15.3. The third kappa shape index (κ3) is 5.68. The third-order valence-electron chi connectivity index (χ3n) is 15.8. The minimum absolute atomic E-state index is 0.0772. The first-order valence-corrected chi connectivity index (χ1v) is 23.8. The molecule has 66 heavy (non-hydrogen) atoms. The fourth-order valence-corrected chi connectivity index (χ4v) is 13.3. The van der Waals surface area contributed by atoms with Crippen molar-refractivity contribution in [2.24, 2.45) is 23.7 Å². The molecule has 5 aliphatic carbocycles.